The zero-order chi connectivity index (χ0) is 15.5. The van der Waals surface area contributed by atoms with Crippen molar-refractivity contribution in [3.05, 3.63) is 10.6 Å². The van der Waals surface area contributed by atoms with E-state index in [4.69, 9.17) is 4.98 Å². The van der Waals surface area contributed by atoms with Crippen LogP contribution in [0.5, 0.6) is 0 Å². The summed E-state index contributed by atoms with van der Waals surface area (Å²) in [5, 5.41) is 4.54. The summed E-state index contributed by atoms with van der Waals surface area (Å²) in [5.74, 6) is 0.557. The number of nitrogens with zero attached hydrogens (tertiary/aromatic N) is 2. The molecule has 1 aliphatic heterocycles. The molecule has 21 heavy (non-hydrogen) atoms. The van der Waals surface area contributed by atoms with Crippen LogP contribution in [0.2, 0.25) is 0 Å². The number of nitrogens with one attached hydrogen (secondary N) is 1. The zero-order valence-electron chi connectivity index (χ0n) is 14.3. The Bertz CT molecular complexity index is 453. The highest BCUT2D eigenvalue weighted by atomic mass is 32.1. The van der Waals surface area contributed by atoms with E-state index in [9.17, 15) is 0 Å². The monoisotopic (exact) mass is 309 g/mol. The minimum Gasteiger partial charge on any atom is -0.348 e. The van der Waals surface area contributed by atoms with Gasteiger partial charge in [0.1, 0.15) is 0 Å². The van der Waals surface area contributed by atoms with E-state index in [0.29, 0.717) is 11.3 Å². The highest BCUT2D eigenvalue weighted by Gasteiger charge is 2.25. The van der Waals surface area contributed by atoms with Crippen LogP contribution in [0.25, 0.3) is 0 Å². The van der Waals surface area contributed by atoms with Crippen LogP contribution in [0.1, 0.15) is 69.9 Å². The van der Waals surface area contributed by atoms with Crippen molar-refractivity contribution in [2.75, 3.05) is 25.0 Å². The summed E-state index contributed by atoms with van der Waals surface area (Å²) in [6.45, 7) is 12.6. The lowest BCUT2D eigenvalue weighted by Crippen LogP contribution is -2.24. The minimum atomic E-state index is 0.485. The van der Waals surface area contributed by atoms with Gasteiger partial charge in [-0.1, -0.05) is 27.7 Å². The van der Waals surface area contributed by atoms with Crippen LogP contribution in [0.3, 0.4) is 0 Å². The number of rotatable bonds is 5. The molecular weight excluding hydrogens is 278 g/mol. The van der Waals surface area contributed by atoms with E-state index in [1.54, 1.807) is 0 Å². The molecule has 1 aliphatic rings. The van der Waals surface area contributed by atoms with Gasteiger partial charge < -0.3 is 10.2 Å². The molecule has 1 fully saturated rings. The van der Waals surface area contributed by atoms with E-state index in [-0.39, 0.29) is 0 Å². The maximum absolute atomic E-state index is 5.02. The van der Waals surface area contributed by atoms with E-state index < -0.39 is 0 Å². The SMILES string of the molecule is CCC(C)c1nc(N2CCCC(C)(C)CC2)sc1CNC. The van der Waals surface area contributed by atoms with Gasteiger partial charge in [-0.2, -0.15) is 0 Å². The van der Waals surface area contributed by atoms with E-state index in [1.165, 1.54) is 35.0 Å². The molecule has 0 bridgehead atoms. The molecule has 3 nitrogen and oxygen atoms in total. The van der Waals surface area contributed by atoms with Crippen molar-refractivity contribution in [3.8, 4) is 0 Å². The fraction of sp³-hybridized carbons (Fsp3) is 0.824. The lowest BCUT2D eigenvalue weighted by atomic mass is 9.85. The predicted molar refractivity (Wildman–Crippen MR) is 93.4 cm³/mol. The van der Waals surface area contributed by atoms with Crippen molar-refractivity contribution < 1.29 is 0 Å². The number of aromatic nitrogens is 1. The third-order valence-electron chi connectivity index (χ3n) is 4.74. The van der Waals surface area contributed by atoms with E-state index in [1.807, 2.05) is 18.4 Å². The third kappa shape index (κ3) is 4.19. The van der Waals surface area contributed by atoms with Gasteiger partial charge in [-0.15, -0.1) is 11.3 Å². The van der Waals surface area contributed by atoms with Gasteiger partial charge in [-0.05, 0) is 44.1 Å². The average molecular weight is 310 g/mol. The smallest absolute Gasteiger partial charge is 0.185 e. The number of hydrogen-bond acceptors (Lipinski definition) is 4. The first-order chi connectivity index (χ1) is 9.96. The minimum absolute atomic E-state index is 0.485. The molecule has 2 heterocycles. The molecule has 0 radical (unpaired) electrons. The van der Waals surface area contributed by atoms with Crippen molar-refractivity contribution in [2.24, 2.45) is 5.41 Å². The van der Waals surface area contributed by atoms with Gasteiger partial charge in [0.15, 0.2) is 5.13 Å². The molecule has 1 aromatic rings. The first kappa shape index (κ1) is 16.8. The zero-order valence-corrected chi connectivity index (χ0v) is 15.1. The third-order valence-corrected chi connectivity index (χ3v) is 5.88. The van der Waals surface area contributed by atoms with Crippen molar-refractivity contribution >= 4 is 16.5 Å². The van der Waals surface area contributed by atoms with Gasteiger partial charge in [0.05, 0.1) is 5.69 Å². The molecule has 0 aliphatic carbocycles. The standard InChI is InChI=1S/C17H31N3S/c1-6-13(2)15-14(12-18-5)21-16(19-15)20-10-7-8-17(3,4)9-11-20/h13,18H,6-12H2,1-5H3. The van der Waals surface area contributed by atoms with Crippen molar-refractivity contribution in [1.82, 2.24) is 10.3 Å². The largest absolute Gasteiger partial charge is 0.348 e. The van der Waals surface area contributed by atoms with Crippen LogP contribution in [0, 0.1) is 5.41 Å². The molecule has 1 unspecified atom stereocenters. The second-order valence-corrected chi connectivity index (χ2v) is 8.21. The number of hydrogen-bond donors (Lipinski definition) is 1. The number of anilines is 1. The molecular formula is C17H31N3S. The first-order valence-electron chi connectivity index (χ1n) is 8.36. The van der Waals surface area contributed by atoms with Crippen LogP contribution in [0.15, 0.2) is 0 Å². The van der Waals surface area contributed by atoms with Crippen molar-refractivity contribution in [2.45, 2.75) is 65.8 Å². The summed E-state index contributed by atoms with van der Waals surface area (Å²) in [7, 11) is 2.02. The summed E-state index contributed by atoms with van der Waals surface area (Å²) in [5.41, 5.74) is 1.80. The Morgan fingerprint density at radius 1 is 1.33 bits per heavy atom. The summed E-state index contributed by atoms with van der Waals surface area (Å²) < 4.78 is 0. The molecule has 1 aromatic heterocycles. The van der Waals surface area contributed by atoms with Crippen LogP contribution >= 0.6 is 11.3 Å². The normalized spacial score (nSPS) is 20.3. The van der Waals surface area contributed by atoms with Crippen LogP contribution in [-0.4, -0.2) is 25.1 Å². The Hall–Kier alpha value is -0.610. The Balaban J connectivity index is 2.19. The molecule has 0 amide bonds. The Morgan fingerprint density at radius 2 is 2.10 bits per heavy atom. The topological polar surface area (TPSA) is 28.2 Å². The molecule has 0 spiro atoms. The van der Waals surface area contributed by atoms with Crippen molar-refractivity contribution in [1.29, 1.82) is 0 Å². The Kier molecular flexibility index (Phi) is 5.67. The first-order valence-corrected chi connectivity index (χ1v) is 9.17. The van der Waals surface area contributed by atoms with Gasteiger partial charge >= 0.3 is 0 Å². The fourth-order valence-electron chi connectivity index (χ4n) is 2.97. The number of thiazole rings is 1. The van der Waals surface area contributed by atoms with E-state index in [0.717, 1.165) is 26.1 Å². The molecule has 0 saturated carbocycles. The molecule has 1 N–H and O–H groups in total. The quantitative estimate of drug-likeness (QED) is 0.874. The maximum Gasteiger partial charge on any atom is 0.185 e. The van der Waals surface area contributed by atoms with E-state index >= 15 is 0 Å². The molecule has 120 valence electrons. The molecule has 1 saturated heterocycles. The van der Waals surface area contributed by atoms with Crippen molar-refractivity contribution in [3.63, 3.8) is 0 Å². The second-order valence-electron chi connectivity index (χ2n) is 7.15. The fourth-order valence-corrected chi connectivity index (χ4v) is 4.21. The molecule has 4 heteroatoms. The summed E-state index contributed by atoms with van der Waals surface area (Å²) >= 11 is 1.90. The van der Waals surface area contributed by atoms with Crippen LogP contribution < -0.4 is 10.2 Å². The Labute approximate surface area is 134 Å². The van der Waals surface area contributed by atoms with Crippen LogP contribution in [-0.2, 0) is 6.54 Å². The highest BCUT2D eigenvalue weighted by molar-refractivity contribution is 7.15. The molecule has 0 aromatic carbocycles. The van der Waals surface area contributed by atoms with E-state index in [2.05, 4.69) is 37.9 Å². The Morgan fingerprint density at radius 3 is 2.76 bits per heavy atom. The summed E-state index contributed by atoms with van der Waals surface area (Å²) in [6.07, 6.45) is 5.04. The van der Waals surface area contributed by atoms with Gasteiger partial charge in [-0.25, -0.2) is 4.98 Å². The summed E-state index contributed by atoms with van der Waals surface area (Å²) in [6, 6.07) is 0. The predicted octanol–water partition coefficient (Wildman–Crippen LogP) is 4.39. The average Bonchev–Trinajstić information content (AvgIpc) is 2.77. The van der Waals surface area contributed by atoms with Gasteiger partial charge in [0.25, 0.3) is 0 Å². The second kappa shape index (κ2) is 7.10. The van der Waals surface area contributed by atoms with Crippen LogP contribution in [0.4, 0.5) is 5.13 Å². The highest BCUT2D eigenvalue weighted by Crippen LogP contribution is 2.36. The van der Waals surface area contributed by atoms with Gasteiger partial charge in [0, 0.05) is 24.5 Å². The van der Waals surface area contributed by atoms with Gasteiger partial charge in [-0.3, -0.25) is 0 Å². The molecule has 1 atom stereocenters. The molecule has 2 rings (SSSR count). The lowest BCUT2D eigenvalue weighted by molar-refractivity contribution is 0.325. The lowest BCUT2D eigenvalue weighted by Gasteiger charge is -2.23. The maximum atomic E-state index is 5.02. The van der Waals surface area contributed by atoms with Gasteiger partial charge in [0.2, 0.25) is 0 Å². The summed E-state index contributed by atoms with van der Waals surface area (Å²) in [4.78, 5) is 8.96.